The van der Waals surface area contributed by atoms with Gasteiger partial charge in [-0.1, -0.05) is 60.2 Å². The minimum atomic E-state index is -0.288. The highest BCUT2D eigenvalue weighted by atomic mass is 19.1. The smallest absolute Gasteiger partial charge is 0.318 e. The van der Waals surface area contributed by atoms with Crippen LogP contribution in [0.25, 0.3) is 5.69 Å². The maximum absolute atomic E-state index is 13.5. The average Bonchev–Trinajstić information content (AvgIpc) is 3.22. The number of halogens is 1. The minimum absolute atomic E-state index is 0.162. The predicted octanol–water partition coefficient (Wildman–Crippen LogP) is 5.74. The van der Waals surface area contributed by atoms with Gasteiger partial charge in [0.05, 0.1) is 18.3 Å². The molecule has 1 aromatic heterocycles. The van der Waals surface area contributed by atoms with E-state index in [4.69, 9.17) is 0 Å². The maximum atomic E-state index is 13.5. The molecule has 0 aliphatic carbocycles. The van der Waals surface area contributed by atoms with Crippen LogP contribution in [0.15, 0.2) is 91.1 Å². The van der Waals surface area contributed by atoms with Crippen LogP contribution in [0.3, 0.4) is 0 Å². The minimum Gasteiger partial charge on any atom is -0.334 e. The molecule has 4 aromatic rings. The molecule has 0 saturated heterocycles. The summed E-state index contributed by atoms with van der Waals surface area (Å²) in [6.45, 7) is 2.87. The molecule has 0 spiro atoms. The first-order chi connectivity index (χ1) is 15.6. The van der Waals surface area contributed by atoms with Crippen molar-refractivity contribution in [2.45, 2.75) is 26.1 Å². The number of urea groups is 1. The number of hydrogen-bond acceptors (Lipinski definition) is 1. The monoisotopic (exact) mass is 425 g/mol. The van der Waals surface area contributed by atoms with Crippen molar-refractivity contribution in [2.75, 3.05) is 0 Å². The van der Waals surface area contributed by atoms with Crippen molar-refractivity contribution in [1.82, 2.24) is 14.8 Å². The van der Waals surface area contributed by atoms with Gasteiger partial charge in [0.15, 0.2) is 0 Å². The van der Waals surface area contributed by atoms with Gasteiger partial charge in [0.2, 0.25) is 0 Å². The second-order valence-corrected chi connectivity index (χ2v) is 8.16. The Morgan fingerprint density at radius 1 is 1.00 bits per heavy atom. The van der Waals surface area contributed by atoms with Crippen molar-refractivity contribution < 1.29 is 9.18 Å². The molecule has 2 amide bonds. The van der Waals surface area contributed by atoms with Crippen molar-refractivity contribution in [1.29, 1.82) is 0 Å². The van der Waals surface area contributed by atoms with Crippen LogP contribution >= 0.6 is 0 Å². The molecular formula is C27H24FN3O. The molecule has 2 heterocycles. The van der Waals surface area contributed by atoms with E-state index in [1.165, 1.54) is 12.1 Å². The number of carbonyl (C=O) groups is 1. The van der Waals surface area contributed by atoms with Crippen molar-refractivity contribution >= 4 is 6.03 Å². The fourth-order valence-corrected chi connectivity index (χ4v) is 4.41. The van der Waals surface area contributed by atoms with Crippen molar-refractivity contribution in [2.24, 2.45) is 0 Å². The molecule has 0 bridgehead atoms. The first kappa shape index (κ1) is 20.1. The first-order valence-electron chi connectivity index (χ1n) is 10.7. The number of amides is 2. The second kappa shape index (κ2) is 8.35. The Bertz CT molecular complexity index is 1260. The Kier molecular flexibility index (Phi) is 5.23. The molecule has 160 valence electrons. The van der Waals surface area contributed by atoms with E-state index in [0.717, 1.165) is 33.6 Å². The summed E-state index contributed by atoms with van der Waals surface area (Å²) in [7, 11) is 0. The lowest BCUT2D eigenvalue weighted by Gasteiger charge is -2.31. The second-order valence-electron chi connectivity index (χ2n) is 8.16. The highest BCUT2D eigenvalue weighted by Crippen LogP contribution is 2.36. The van der Waals surface area contributed by atoms with E-state index in [-0.39, 0.29) is 17.9 Å². The third-order valence-electron chi connectivity index (χ3n) is 5.94. The number of rotatable bonds is 3. The fraction of sp³-hybridized carbons (Fsp3) is 0.148. The number of para-hydroxylation sites is 1. The van der Waals surface area contributed by atoms with Crippen molar-refractivity contribution in [3.05, 3.63) is 125 Å². The van der Waals surface area contributed by atoms with Gasteiger partial charge in [-0.05, 0) is 53.9 Å². The van der Waals surface area contributed by atoms with Gasteiger partial charge in [-0.3, -0.25) is 0 Å². The van der Waals surface area contributed by atoms with Crippen LogP contribution in [0.5, 0.6) is 0 Å². The third-order valence-corrected chi connectivity index (χ3v) is 5.94. The molecule has 0 radical (unpaired) electrons. The number of nitrogens with one attached hydrogen (secondary N) is 1. The van der Waals surface area contributed by atoms with E-state index < -0.39 is 0 Å². The summed E-state index contributed by atoms with van der Waals surface area (Å²) in [6, 6.07) is 26.4. The lowest BCUT2D eigenvalue weighted by atomic mass is 10.00. The van der Waals surface area contributed by atoms with Gasteiger partial charge in [-0.25, -0.2) is 9.18 Å². The normalized spacial score (nSPS) is 14.9. The van der Waals surface area contributed by atoms with Gasteiger partial charge in [-0.15, -0.1) is 0 Å². The molecular weight excluding hydrogens is 401 g/mol. The summed E-state index contributed by atoms with van der Waals surface area (Å²) in [5.74, 6) is -0.288. The summed E-state index contributed by atoms with van der Waals surface area (Å²) in [6.07, 6.45) is 2.05. The molecule has 5 heteroatoms. The lowest BCUT2D eigenvalue weighted by Crippen LogP contribution is -2.41. The van der Waals surface area contributed by atoms with Gasteiger partial charge in [0, 0.05) is 18.4 Å². The fourth-order valence-electron chi connectivity index (χ4n) is 4.41. The number of nitrogens with zero attached hydrogens (tertiary/aromatic N) is 2. The Balaban J connectivity index is 1.55. The van der Waals surface area contributed by atoms with Crippen LogP contribution in [0.2, 0.25) is 0 Å². The molecule has 1 aliphatic rings. The van der Waals surface area contributed by atoms with E-state index in [2.05, 4.69) is 59.4 Å². The number of aromatic nitrogens is 1. The van der Waals surface area contributed by atoms with Gasteiger partial charge in [0.1, 0.15) is 5.82 Å². The zero-order valence-corrected chi connectivity index (χ0v) is 17.8. The molecule has 3 aromatic carbocycles. The van der Waals surface area contributed by atoms with Gasteiger partial charge >= 0.3 is 6.03 Å². The highest BCUT2D eigenvalue weighted by molar-refractivity contribution is 5.76. The standard InChI is InChI=1S/C27H24FN3O/c1-19-6-4-8-21(16-19)26-25-10-5-15-30(25)24-9-3-2-7-22(24)18-31(26)27(32)29-17-20-11-13-23(28)14-12-20/h2-16,26H,17-18H2,1H3,(H,29,32)/t26-/m1/s1. The lowest BCUT2D eigenvalue weighted by molar-refractivity contribution is 0.180. The van der Waals surface area contributed by atoms with E-state index in [1.54, 1.807) is 12.1 Å². The van der Waals surface area contributed by atoms with E-state index in [1.807, 2.05) is 29.2 Å². The van der Waals surface area contributed by atoms with Gasteiger partial charge in [-0.2, -0.15) is 0 Å². The molecule has 0 fully saturated rings. The zero-order valence-electron chi connectivity index (χ0n) is 17.8. The summed E-state index contributed by atoms with van der Waals surface area (Å²) >= 11 is 0. The molecule has 0 unspecified atom stereocenters. The number of fused-ring (bicyclic) bond motifs is 3. The number of aryl methyl sites for hydroxylation is 1. The van der Waals surface area contributed by atoms with E-state index in [9.17, 15) is 9.18 Å². The number of carbonyl (C=O) groups excluding carboxylic acids is 1. The summed E-state index contributed by atoms with van der Waals surface area (Å²) in [4.78, 5) is 15.4. The molecule has 4 nitrogen and oxygen atoms in total. The SMILES string of the molecule is Cc1cccc([C@@H]2c3cccn3-c3ccccc3CN2C(=O)NCc2ccc(F)cc2)c1. The van der Waals surface area contributed by atoms with Crippen LogP contribution in [-0.4, -0.2) is 15.5 Å². The van der Waals surface area contributed by atoms with Crippen LogP contribution < -0.4 is 5.32 Å². The van der Waals surface area contributed by atoms with Crippen LogP contribution in [0.4, 0.5) is 9.18 Å². The van der Waals surface area contributed by atoms with Crippen molar-refractivity contribution in [3.8, 4) is 5.69 Å². The Hall–Kier alpha value is -3.86. The van der Waals surface area contributed by atoms with Crippen LogP contribution in [0, 0.1) is 12.7 Å². The number of hydrogen-bond donors (Lipinski definition) is 1. The topological polar surface area (TPSA) is 37.3 Å². The van der Waals surface area contributed by atoms with Crippen LogP contribution in [0.1, 0.15) is 34.0 Å². The first-order valence-corrected chi connectivity index (χ1v) is 10.7. The highest BCUT2D eigenvalue weighted by Gasteiger charge is 2.32. The summed E-state index contributed by atoms with van der Waals surface area (Å²) in [5.41, 5.74) is 6.27. The van der Waals surface area contributed by atoms with Crippen molar-refractivity contribution in [3.63, 3.8) is 0 Å². The zero-order chi connectivity index (χ0) is 22.1. The predicted molar refractivity (Wildman–Crippen MR) is 123 cm³/mol. The molecule has 5 rings (SSSR count). The molecule has 32 heavy (non-hydrogen) atoms. The molecule has 1 N–H and O–H groups in total. The van der Waals surface area contributed by atoms with Gasteiger partial charge < -0.3 is 14.8 Å². The number of benzene rings is 3. The Morgan fingerprint density at radius 3 is 2.62 bits per heavy atom. The Morgan fingerprint density at radius 2 is 1.81 bits per heavy atom. The quantitative estimate of drug-likeness (QED) is 0.447. The Labute approximate surface area is 186 Å². The summed E-state index contributed by atoms with van der Waals surface area (Å²) in [5, 5.41) is 3.04. The summed E-state index contributed by atoms with van der Waals surface area (Å²) < 4.78 is 15.4. The van der Waals surface area contributed by atoms with Crippen LogP contribution in [-0.2, 0) is 13.1 Å². The average molecular weight is 426 g/mol. The van der Waals surface area contributed by atoms with E-state index in [0.29, 0.717) is 13.1 Å². The van der Waals surface area contributed by atoms with Gasteiger partial charge in [0.25, 0.3) is 0 Å². The third kappa shape index (κ3) is 3.78. The molecule has 1 aliphatic heterocycles. The largest absolute Gasteiger partial charge is 0.334 e. The molecule has 1 atom stereocenters. The molecule has 0 saturated carbocycles. The van der Waals surface area contributed by atoms with E-state index >= 15 is 0 Å². The maximum Gasteiger partial charge on any atom is 0.318 e.